The Labute approximate surface area is 176 Å². The van der Waals surface area contributed by atoms with Crippen LogP contribution in [0.5, 0.6) is 5.75 Å². The van der Waals surface area contributed by atoms with Gasteiger partial charge in [0, 0.05) is 10.6 Å². The fourth-order valence-electron chi connectivity index (χ4n) is 2.59. The Balaban J connectivity index is 1.99. The molecule has 2 aromatic carbocycles. The molecule has 0 spiro atoms. The number of benzene rings is 2. The van der Waals surface area contributed by atoms with Crippen LogP contribution in [0.4, 0.5) is 5.69 Å². The van der Waals surface area contributed by atoms with Crippen molar-refractivity contribution in [3.63, 3.8) is 0 Å². The number of nitrogens with zero attached hydrogens (tertiary/aromatic N) is 1. The summed E-state index contributed by atoms with van der Waals surface area (Å²) in [6.45, 7) is 1.38. The first-order valence-electron chi connectivity index (χ1n) is 8.43. The zero-order chi connectivity index (χ0) is 21.1. The quantitative estimate of drug-likeness (QED) is 0.430. The van der Waals surface area contributed by atoms with E-state index in [4.69, 9.17) is 33.7 Å². The number of ether oxygens (including phenoxy) is 1. The highest BCUT2D eigenvalue weighted by atomic mass is 35.5. The lowest BCUT2D eigenvalue weighted by Gasteiger charge is -2.29. The number of carboxylic acid groups (broad SMARTS) is 1. The number of para-hydroxylation sites is 1. The molecule has 9 heteroatoms. The normalized spacial score (nSPS) is 16.6. The lowest BCUT2D eigenvalue weighted by atomic mass is 10.1. The third-order valence-electron chi connectivity index (χ3n) is 4.06. The Hall–Kier alpha value is -3.23. The van der Waals surface area contributed by atoms with Gasteiger partial charge in [0.25, 0.3) is 11.8 Å². The van der Waals surface area contributed by atoms with Crippen LogP contribution in [0.25, 0.3) is 6.08 Å². The van der Waals surface area contributed by atoms with Crippen molar-refractivity contribution in [2.45, 2.75) is 13.0 Å². The van der Waals surface area contributed by atoms with Crippen LogP contribution >= 0.6 is 23.8 Å². The molecule has 2 amide bonds. The number of nitrogens with one attached hydrogen (secondary N) is 1. The summed E-state index contributed by atoms with van der Waals surface area (Å²) in [4.78, 5) is 37.7. The first-order valence-corrected chi connectivity index (χ1v) is 9.22. The van der Waals surface area contributed by atoms with Gasteiger partial charge >= 0.3 is 5.97 Å². The van der Waals surface area contributed by atoms with Gasteiger partial charge in [0.2, 0.25) is 0 Å². The molecule has 0 radical (unpaired) electrons. The molecule has 1 aliphatic heterocycles. The van der Waals surface area contributed by atoms with Crippen molar-refractivity contribution in [3.05, 3.63) is 64.7 Å². The molecule has 0 aliphatic carbocycles. The summed E-state index contributed by atoms with van der Waals surface area (Å²) in [5.74, 6) is -2.20. The Bertz CT molecular complexity index is 1040. The first-order chi connectivity index (χ1) is 13.8. The van der Waals surface area contributed by atoms with Crippen LogP contribution in [0, 0.1) is 0 Å². The standard InChI is InChI=1S/C20H15ClN2O5S/c1-11(19(26)27)28-16-5-3-2-4-12(16)10-15-17(24)22-20(29)23(18(15)25)14-8-6-13(21)7-9-14/h2-11H,1H3,(H,26,27)(H,22,24,29)/b15-10+/t11-/m0/s1. The van der Waals surface area contributed by atoms with E-state index in [0.717, 1.165) is 0 Å². The zero-order valence-electron chi connectivity index (χ0n) is 15.1. The second-order valence-electron chi connectivity index (χ2n) is 6.07. The van der Waals surface area contributed by atoms with E-state index >= 15 is 0 Å². The summed E-state index contributed by atoms with van der Waals surface area (Å²) in [7, 11) is 0. The highest BCUT2D eigenvalue weighted by molar-refractivity contribution is 7.80. The number of aliphatic carboxylic acids is 1. The maximum atomic E-state index is 13.0. The molecule has 0 unspecified atom stereocenters. The van der Waals surface area contributed by atoms with E-state index in [-0.39, 0.29) is 16.4 Å². The minimum absolute atomic E-state index is 0.0523. The average molecular weight is 431 g/mol. The number of rotatable bonds is 5. The van der Waals surface area contributed by atoms with Crippen LogP contribution < -0.4 is 15.0 Å². The molecule has 1 fully saturated rings. The SMILES string of the molecule is C[C@H](Oc1ccccc1/C=C1\C(=O)NC(=S)N(c2ccc(Cl)cc2)C1=O)C(=O)O. The van der Waals surface area contributed by atoms with Gasteiger partial charge in [-0.15, -0.1) is 0 Å². The molecular formula is C20H15ClN2O5S. The molecule has 1 heterocycles. The average Bonchev–Trinajstić information content (AvgIpc) is 2.67. The van der Waals surface area contributed by atoms with E-state index in [1.165, 1.54) is 17.9 Å². The highest BCUT2D eigenvalue weighted by Gasteiger charge is 2.34. The molecule has 1 saturated heterocycles. The van der Waals surface area contributed by atoms with Gasteiger partial charge in [-0.1, -0.05) is 29.8 Å². The van der Waals surface area contributed by atoms with Crippen molar-refractivity contribution < 1.29 is 24.2 Å². The summed E-state index contributed by atoms with van der Waals surface area (Å²) in [6, 6.07) is 12.9. The van der Waals surface area contributed by atoms with E-state index < -0.39 is 23.9 Å². The lowest BCUT2D eigenvalue weighted by molar-refractivity contribution is -0.144. The van der Waals surface area contributed by atoms with E-state index in [9.17, 15) is 14.4 Å². The van der Waals surface area contributed by atoms with Crippen LogP contribution in [-0.2, 0) is 14.4 Å². The van der Waals surface area contributed by atoms with E-state index in [0.29, 0.717) is 16.3 Å². The smallest absolute Gasteiger partial charge is 0.344 e. The third-order valence-corrected chi connectivity index (χ3v) is 4.59. The number of anilines is 1. The van der Waals surface area contributed by atoms with Crippen molar-refractivity contribution >= 4 is 58.5 Å². The molecule has 1 aliphatic rings. The second-order valence-corrected chi connectivity index (χ2v) is 6.89. The van der Waals surface area contributed by atoms with E-state index in [2.05, 4.69) is 5.32 Å². The van der Waals surface area contributed by atoms with Gasteiger partial charge in [0.15, 0.2) is 11.2 Å². The first kappa shape index (κ1) is 20.5. The maximum absolute atomic E-state index is 13.0. The minimum atomic E-state index is -1.14. The van der Waals surface area contributed by atoms with Crippen molar-refractivity contribution in [3.8, 4) is 5.75 Å². The number of carboxylic acids is 1. The Kier molecular flexibility index (Phi) is 5.95. The van der Waals surface area contributed by atoms with Crippen LogP contribution in [0.1, 0.15) is 12.5 Å². The molecule has 0 aromatic heterocycles. The van der Waals surface area contributed by atoms with Gasteiger partial charge in [-0.3, -0.25) is 19.8 Å². The number of carbonyl (C=O) groups excluding carboxylic acids is 2. The molecule has 148 valence electrons. The van der Waals surface area contributed by atoms with Gasteiger partial charge in [-0.2, -0.15) is 0 Å². The highest BCUT2D eigenvalue weighted by Crippen LogP contribution is 2.26. The van der Waals surface area contributed by atoms with Gasteiger partial charge < -0.3 is 9.84 Å². The van der Waals surface area contributed by atoms with Crippen molar-refractivity contribution in [1.82, 2.24) is 5.32 Å². The Morgan fingerprint density at radius 3 is 2.52 bits per heavy atom. The zero-order valence-corrected chi connectivity index (χ0v) is 16.7. The number of hydrogen-bond acceptors (Lipinski definition) is 5. The van der Waals surface area contributed by atoms with Crippen LogP contribution in [0.2, 0.25) is 5.02 Å². The number of hydrogen-bond donors (Lipinski definition) is 2. The Morgan fingerprint density at radius 1 is 1.21 bits per heavy atom. The molecule has 2 N–H and O–H groups in total. The van der Waals surface area contributed by atoms with Gasteiger partial charge in [0.05, 0.1) is 5.69 Å². The fraction of sp³-hybridized carbons (Fsp3) is 0.100. The molecule has 2 aromatic rings. The lowest BCUT2D eigenvalue weighted by Crippen LogP contribution is -2.54. The third kappa shape index (κ3) is 4.44. The molecule has 3 rings (SSSR count). The number of amides is 2. The van der Waals surface area contributed by atoms with E-state index in [1.807, 2.05) is 0 Å². The molecular weight excluding hydrogens is 416 g/mol. The van der Waals surface area contributed by atoms with Crippen LogP contribution in [0.15, 0.2) is 54.1 Å². The van der Waals surface area contributed by atoms with Gasteiger partial charge in [-0.05, 0) is 55.5 Å². The summed E-state index contributed by atoms with van der Waals surface area (Å²) in [5, 5.41) is 12.0. The molecule has 0 saturated carbocycles. The van der Waals surface area contributed by atoms with Crippen LogP contribution in [-0.4, -0.2) is 34.1 Å². The topological polar surface area (TPSA) is 95.9 Å². The van der Waals surface area contributed by atoms with Crippen molar-refractivity contribution in [1.29, 1.82) is 0 Å². The van der Waals surface area contributed by atoms with Crippen molar-refractivity contribution in [2.24, 2.45) is 0 Å². The molecule has 29 heavy (non-hydrogen) atoms. The summed E-state index contributed by atoms with van der Waals surface area (Å²) in [6.07, 6.45) is 0.232. The maximum Gasteiger partial charge on any atom is 0.344 e. The molecule has 0 bridgehead atoms. The van der Waals surface area contributed by atoms with Gasteiger partial charge in [-0.25, -0.2) is 4.79 Å². The predicted molar refractivity (Wildman–Crippen MR) is 112 cm³/mol. The minimum Gasteiger partial charge on any atom is -0.479 e. The van der Waals surface area contributed by atoms with E-state index in [1.54, 1.807) is 48.5 Å². The predicted octanol–water partition coefficient (Wildman–Crippen LogP) is 3.02. The largest absolute Gasteiger partial charge is 0.479 e. The summed E-state index contributed by atoms with van der Waals surface area (Å²) >= 11 is 11.0. The summed E-state index contributed by atoms with van der Waals surface area (Å²) in [5.41, 5.74) is 0.648. The summed E-state index contributed by atoms with van der Waals surface area (Å²) < 4.78 is 5.42. The molecule has 1 atom stereocenters. The number of carbonyl (C=O) groups is 3. The Morgan fingerprint density at radius 2 is 1.86 bits per heavy atom. The number of thiocarbonyl (C=S) groups is 1. The molecule has 7 nitrogen and oxygen atoms in total. The monoisotopic (exact) mass is 430 g/mol. The van der Waals surface area contributed by atoms with Gasteiger partial charge in [0.1, 0.15) is 11.3 Å². The fourth-order valence-corrected chi connectivity index (χ4v) is 2.99. The van der Waals surface area contributed by atoms with Crippen molar-refractivity contribution in [2.75, 3.05) is 4.90 Å². The van der Waals surface area contributed by atoms with Crippen LogP contribution in [0.3, 0.4) is 0 Å². The second kappa shape index (κ2) is 8.42. The number of halogens is 1.